The number of fused-ring (bicyclic) bond motifs is 1. The molecule has 0 fully saturated rings. The van der Waals surface area contributed by atoms with E-state index in [1.807, 2.05) is 13.8 Å². The third-order valence-corrected chi connectivity index (χ3v) is 4.15. The molecule has 0 atom stereocenters. The maximum atomic E-state index is 11.5. The van der Waals surface area contributed by atoms with Crippen molar-refractivity contribution in [3.05, 3.63) is 17.0 Å². The summed E-state index contributed by atoms with van der Waals surface area (Å²) in [6.07, 6.45) is 0.515. The Balaban J connectivity index is 2.52. The zero-order valence-corrected chi connectivity index (χ0v) is 9.69. The van der Waals surface area contributed by atoms with Crippen LogP contribution in [0, 0.1) is 0 Å². The predicted molar refractivity (Wildman–Crippen MR) is 57.0 cm³/mol. The normalized spacial score (nSPS) is 19.9. The van der Waals surface area contributed by atoms with Crippen molar-refractivity contribution in [3.63, 3.8) is 0 Å². The lowest BCUT2D eigenvalue weighted by Gasteiger charge is -2.20. The molecular weight excluding hydrogens is 214 g/mol. The van der Waals surface area contributed by atoms with Gasteiger partial charge in [-0.15, -0.1) is 0 Å². The van der Waals surface area contributed by atoms with Crippen LogP contribution in [0.1, 0.15) is 30.8 Å². The van der Waals surface area contributed by atoms with E-state index in [2.05, 4.69) is 10.2 Å². The fraction of sp³-hybridized carbons (Fsp3) is 0.667. The number of nitrogens with two attached hydrogens (primary N) is 1. The van der Waals surface area contributed by atoms with Crippen molar-refractivity contribution < 1.29 is 8.42 Å². The minimum Gasteiger partial charge on any atom is -0.321 e. The Labute approximate surface area is 89.0 Å². The summed E-state index contributed by atoms with van der Waals surface area (Å²) in [5, 5.41) is 7.00. The second kappa shape index (κ2) is 3.05. The van der Waals surface area contributed by atoms with E-state index in [1.165, 1.54) is 0 Å². The molecule has 5 nitrogen and oxygen atoms in total. The molecule has 2 heterocycles. The second-order valence-corrected chi connectivity index (χ2v) is 6.78. The van der Waals surface area contributed by atoms with Gasteiger partial charge in [-0.05, 0) is 13.8 Å². The molecule has 0 spiro atoms. The number of aromatic nitrogens is 2. The monoisotopic (exact) mass is 229 g/mol. The maximum Gasteiger partial charge on any atom is 0.154 e. The maximum absolute atomic E-state index is 11.5. The van der Waals surface area contributed by atoms with Gasteiger partial charge in [-0.1, -0.05) is 0 Å². The van der Waals surface area contributed by atoms with Crippen LogP contribution >= 0.6 is 0 Å². The fourth-order valence-corrected chi connectivity index (χ4v) is 3.26. The molecule has 0 saturated carbocycles. The highest BCUT2D eigenvalue weighted by Gasteiger charge is 2.30. The van der Waals surface area contributed by atoms with E-state index >= 15 is 0 Å². The topological polar surface area (TPSA) is 88.8 Å². The summed E-state index contributed by atoms with van der Waals surface area (Å²) in [4.78, 5) is 0. The molecule has 3 N–H and O–H groups in total. The van der Waals surface area contributed by atoms with Crippen molar-refractivity contribution in [1.29, 1.82) is 0 Å². The first-order valence-electron chi connectivity index (χ1n) is 4.85. The highest BCUT2D eigenvalue weighted by Crippen LogP contribution is 2.27. The van der Waals surface area contributed by atoms with Crippen LogP contribution in [0.5, 0.6) is 0 Å². The zero-order chi connectivity index (χ0) is 11.3. The van der Waals surface area contributed by atoms with Crippen molar-refractivity contribution in [2.75, 3.05) is 5.75 Å². The Morgan fingerprint density at radius 3 is 2.73 bits per heavy atom. The van der Waals surface area contributed by atoms with Gasteiger partial charge in [0.25, 0.3) is 0 Å². The van der Waals surface area contributed by atoms with Crippen LogP contribution in [0.4, 0.5) is 0 Å². The molecular formula is C9H15N3O2S. The summed E-state index contributed by atoms with van der Waals surface area (Å²) in [6.45, 7) is 3.65. The largest absolute Gasteiger partial charge is 0.321 e. The number of hydrogen-bond acceptors (Lipinski definition) is 4. The number of sulfone groups is 1. The molecule has 15 heavy (non-hydrogen) atoms. The summed E-state index contributed by atoms with van der Waals surface area (Å²) < 4.78 is 23.0. The fourth-order valence-electron chi connectivity index (χ4n) is 1.85. The Bertz CT molecular complexity index is 482. The molecule has 0 aliphatic carbocycles. The van der Waals surface area contributed by atoms with Crippen molar-refractivity contribution >= 4 is 9.84 Å². The van der Waals surface area contributed by atoms with Gasteiger partial charge in [-0.2, -0.15) is 5.10 Å². The predicted octanol–water partition coefficient (Wildman–Crippen LogP) is 0.0744. The van der Waals surface area contributed by atoms with E-state index in [9.17, 15) is 8.42 Å². The van der Waals surface area contributed by atoms with Crippen molar-refractivity contribution in [1.82, 2.24) is 10.2 Å². The highest BCUT2D eigenvalue weighted by atomic mass is 32.2. The molecule has 1 aliphatic heterocycles. The van der Waals surface area contributed by atoms with Crippen LogP contribution in [-0.4, -0.2) is 24.4 Å². The van der Waals surface area contributed by atoms with Crippen molar-refractivity contribution in [3.8, 4) is 0 Å². The molecule has 84 valence electrons. The lowest BCUT2D eigenvalue weighted by molar-refractivity contribution is 0.528. The zero-order valence-electron chi connectivity index (χ0n) is 8.87. The molecule has 0 saturated heterocycles. The summed E-state index contributed by atoms with van der Waals surface area (Å²) in [5.74, 6) is 0.265. The van der Waals surface area contributed by atoms with E-state index < -0.39 is 15.4 Å². The Morgan fingerprint density at radius 1 is 1.47 bits per heavy atom. The van der Waals surface area contributed by atoms with E-state index in [0.29, 0.717) is 12.1 Å². The van der Waals surface area contributed by atoms with Gasteiger partial charge in [-0.3, -0.25) is 5.10 Å². The molecule has 0 unspecified atom stereocenters. The average Bonchev–Trinajstić information content (AvgIpc) is 2.43. The van der Waals surface area contributed by atoms with Crippen LogP contribution in [0.2, 0.25) is 0 Å². The Kier molecular flexibility index (Phi) is 2.16. The average molecular weight is 229 g/mol. The lowest BCUT2D eigenvalue weighted by atomic mass is 9.97. The van der Waals surface area contributed by atoms with E-state index in [4.69, 9.17) is 5.73 Å². The van der Waals surface area contributed by atoms with Crippen LogP contribution in [0.3, 0.4) is 0 Å². The molecule has 1 aliphatic rings. The quantitative estimate of drug-likeness (QED) is 0.713. The van der Waals surface area contributed by atoms with Crippen LogP contribution < -0.4 is 5.73 Å². The number of nitrogens with zero attached hydrogens (tertiary/aromatic N) is 1. The van der Waals surface area contributed by atoms with Gasteiger partial charge < -0.3 is 5.73 Å². The minimum absolute atomic E-state index is 0.0643. The van der Waals surface area contributed by atoms with Gasteiger partial charge >= 0.3 is 0 Å². The number of aryl methyl sites for hydroxylation is 1. The van der Waals surface area contributed by atoms with Crippen molar-refractivity contribution in [2.45, 2.75) is 31.6 Å². The second-order valence-electron chi connectivity index (χ2n) is 4.59. The molecule has 0 aromatic carbocycles. The first kappa shape index (κ1) is 10.6. The standard InChI is InChI=1S/C9H15N3O2S/c1-9(2,10)8-6-5-15(13,14)4-3-7(6)11-12-8/h3-5,10H2,1-2H3,(H,11,12). The molecule has 0 radical (unpaired) electrons. The molecule has 0 amide bonds. The molecule has 1 aromatic rings. The highest BCUT2D eigenvalue weighted by molar-refractivity contribution is 7.90. The summed E-state index contributed by atoms with van der Waals surface area (Å²) in [5.41, 5.74) is 7.69. The number of H-pyrrole nitrogens is 1. The van der Waals surface area contributed by atoms with E-state index in [0.717, 1.165) is 11.3 Å². The van der Waals surface area contributed by atoms with Gasteiger partial charge in [0.15, 0.2) is 9.84 Å². The minimum atomic E-state index is -2.96. The van der Waals surface area contributed by atoms with Gasteiger partial charge in [0.2, 0.25) is 0 Å². The number of rotatable bonds is 1. The number of aromatic amines is 1. The first-order chi connectivity index (χ1) is 6.80. The van der Waals surface area contributed by atoms with E-state index in [-0.39, 0.29) is 11.5 Å². The van der Waals surface area contributed by atoms with Gasteiger partial charge in [0.1, 0.15) is 0 Å². The smallest absolute Gasteiger partial charge is 0.154 e. The molecule has 2 rings (SSSR count). The van der Waals surface area contributed by atoms with Gasteiger partial charge in [0.05, 0.1) is 22.7 Å². The number of hydrogen-bond donors (Lipinski definition) is 2. The first-order valence-corrected chi connectivity index (χ1v) is 6.68. The van der Waals surface area contributed by atoms with E-state index in [1.54, 1.807) is 0 Å². The van der Waals surface area contributed by atoms with Gasteiger partial charge in [-0.25, -0.2) is 8.42 Å². The van der Waals surface area contributed by atoms with Crippen LogP contribution in [0.15, 0.2) is 0 Å². The summed E-state index contributed by atoms with van der Waals surface area (Å²) in [7, 11) is -2.96. The van der Waals surface area contributed by atoms with Crippen molar-refractivity contribution in [2.24, 2.45) is 5.73 Å². The summed E-state index contributed by atoms with van der Waals surface area (Å²) >= 11 is 0. The summed E-state index contributed by atoms with van der Waals surface area (Å²) in [6, 6.07) is 0. The van der Waals surface area contributed by atoms with Gasteiger partial charge in [0, 0.05) is 17.7 Å². The number of nitrogens with one attached hydrogen (secondary N) is 1. The van der Waals surface area contributed by atoms with Crippen LogP contribution in [-0.2, 0) is 27.5 Å². The SMILES string of the molecule is CC(C)(N)c1n[nH]c2c1CS(=O)(=O)CC2. The Hall–Kier alpha value is -0.880. The Morgan fingerprint density at radius 2 is 2.13 bits per heavy atom. The third-order valence-electron chi connectivity index (χ3n) is 2.59. The molecule has 1 aromatic heterocycles. The lowest BCUT2D eigenvalue weighted by Crippen LogP contribution is -2.31. The molecule has 6 heteroatoms. The van der Waals surface area contributed by atoms with Crippen LogP contribution in [0.25, 0.3) is 0 Å². The molecule has 0 bridgehead atoms. The third kappa shape index (κ3) is 1.91.